The first kappa shape index (κ1) is 12.0. The summed E-state index contributed by atoms with van der Waals surface area (Å²) in [6, 6.07) is 18.3. The number of benzene rings is 2. The fourth-order valence-electron chi connectivity index (χ4n) is 2.17. The van der Waals surface area contributed by atoms with Crippen LogP contribution in [0.5, 0.6) is 0 Å². The zero-order valence-corrected chi connectivity index (χ0v) is 10.7. The van der Waals surface area contributed by atoms with Crippen molar-refractivity contribution in [3.8, 4) is 0 Å². The van der Waals surface area contributed by atoms with Crippen LogP contribution >= 0.6 is 0 Å². The lowest BCUT2D eigenvalue weighted by atomic mass is 10.1. The molecular formula is C17H16O2. The Bertz CT molecular complexity index is 640. The van der Waals surface area contributed by atoms with Crippen molar-refractivity contribution in [2.24, 2.45) is 0 Å². The molecule has 0 unspecified atom stereocenters. The summed E-state index contributed by atoms with van der Waals surface area (Å²) in [7, 11) is 0. The maximum atomic E-state index is 5.70. The van der Waals surface area contributed by atoms with Crippen molar-refractivity contribution in [1.29, 1.82) is 0 Å². The average molecular weight is 252 g/mol. The van der Waals surface area contributed by atoms with Crippen LogP contribution in [0.2, 0.25) is 0 Å². The molecule has 0 spiro atoms. The van der Waals surface area contributed by atoms with E-state index in [-0.39, 0.29) is 0 Å². The van der Waals surface area contributed by atoms with Crippen LogP contribution in [-0.4, -0.2) is 6.61 Å². The van der Waals surface area contributed by atoms with Gasteiger partial charge in [0.15, 0.2) is 0 Å². The van der Waals surface area contributed by atoms with Gasteiger partial charge in [-0.05, 0) is 18.1 Å². The van der Waals surface area contributed by atoms with Crippen molar-refractivity contribution in [2.75, 3.05) is 6.61 Å². The maximum absolute atomic E-state index is 5.70. The lowest BCUT2D eigenvalue weighted by Gasteiger charge is -2.03. The van der Waals surface area contributed by atoms with Gasteiger partial charge in [-0.1, -0.05) is 48.5 Å². The fourth-order valence-corrected chi connectivity index (χ4v) is 2.17. The molecule has 19 heavy (non-hydrogen) atoms. The molecule has 3 aromatic rings. The van der Waals surface area contributed by atoms with Crippen molar-refractivity contribution in [3.05, 3.63) is 72.0 Å². The number of ether oxygens (including phenoxy) is 1. The van der Waals surface area contributed by atoms with Crippen LogP contribution < -0.4 is 0 Å². The van der Waals surface area contributed by atoms with E-state index in [1.807, 2.05) is 42.7 Å². The standard InChI is InChI=1S/C17H16O2/c1-2-6-14(7-3-1)12-18-11-10-15-13-19-17-9-5-4-8-16(15)17/h1-9,13H,10-12H2. The van der Waals surface area contributed by atoms with Crippen molar-refractivity contribution in [2.45, 2.75) is 13.0 Å². The van der Waals surface area contributed by atoms with E-state index in [9.17, 15) is 0 Å². The number of fused-ring (bicyclic) bond motifs is 1. The molecule has 2 nitrogen and oxygen atoms in total. The van der Waals surface area contributed by atoms with E-state index in [1.54, 1.807) is 0 Å². The second-order valence-electron chi connectivity index (χ2n) is 4.55. The second-order valence-corrected chi connectivity index (χ2v) is 4.55. The molecule has 1 heterocycles. The number of para-hydroxylation sites is 1. The highest BCUT2D eigenvalue weighted by Gasteiger charge is 2.04. The Kier molecular flexibility index (Phi) is 3.61. The molecule has 0 fully saturated rings. The lowest BCUT2D eigenvalue weighted by Crippen LogP contribution is -1.98. The fraction of sp³-hybridized carbons (Fsp3) is 0.176. The Morgan fingerprint density at radius 2 is 1.68 bits per heavy atom. The molecule has 2 aromatic carbocycles. The van der Waals surface area contributed by atoms with Gasteiger partial charge in [-0.2, -0.15) is 0 Å². The van der Waals surface area contributed by atoms with E-state index < -0.39 is 0 Å². The van der Waals surface area contributed by atoms with Gasteiger partial charge in [0.05, 0.1) is 19.5 Å². The predicted octanol–water partition coefficient (Wildman–Crippen LogP) is 4.19. The van der Waals surface area contributed by atoms with E-state index in [4.69, 9.17) is 9.15 Å². The van der Waals surface area contributed by atoms with Crippen molar-refractivity contribution in [1.82, 2.24) is 0 Å². The first-order valence-electron chi connectivity index (χ1n) is 6.50. The third-order valence-corrected chi connectivity index (χ3v) is 3.19. The minimum atomic E-state index is 0.663. The molecule has 1 aromatic heterocycles. The first-order valence-corrected chi connectivity index (χ1v) is 6.50. The van der Waals surface area contributed by atoms with Gasteiger partial charge in [0.1, 0.15) is 5.58 Å². The lowest BCUT2D eigenvalue weighted by molar-refractivity contribution is 0.124. The third kappa shape index (κ3) is 2.85. The van der Waals surface area contributed by atoms with Crippen molar-refractivity contribution >= 4 is 11.0 Å². The van der Waals surface area contributed by atoms with Crippen LogP contribution in [0.25, 0.3) is 11.0 Å². The largest absolute Gasteiger partial charge is 0.464 e. The zero-order valence-electron chi connectivity index (χ0n) is 10.7. The topological polar surface area (TPSA) is 22.4 Å². The number of hydrogen-bond acceptors (Lipinski definition) is 2. The van der Waals surface area contributed by atoms with Gasteiger partial charge >= 0.3 is 0 Å². The van der Waals surface area contributed by atoms with Gasteiger partial charge in [-0.25, -0.2) is 0 Å². The summed E-state index contributed by atoms with van der Waals surface area (Å²) in [6.45, 7) is 1.37. The summed E-state index contributed by atoms with van der Waals surface area (Å²) < 4.78 is 11.2. The molecule has 0 bridgehead atoms. The van der Waals surface area contributed by atoms with E-state index in [0.29, 0.717) is 13.2 Å². The van der Waals surface area contributed by atoms with E-state index in [0.717, 1.165) is 12.0 Å². The molecule has 0 aliphatic heterocycles. The van der Waals surface area contributed by atoms with Gasteiger partial charge in [-0.3, -0.25) is 0 Å². The van der Waals surface area contributed by atoms with Crippen LogP contribution in [0, 0.1) is 0 Å². The van der Waals surface area contributed by atoms with Gasteiger partial charge in [0.2, 0.25) is 0 Å². The van der Waals surface area contributed by atoms with Crippen LogP contribution in [0.15, 0.2) is 65.3 Å². The van der Waals surface area contributed by atoms with Crippen molar-refractivity contribution < 1.29 is 9.15 Å². The molecule has 0 aliphatic carbocycles. The normalized spacial score (nSPS) is 10.9. The minimum absolute atomic E-state index is 0.663. The molecule has 0 atom stereocenters. The Morgan fingerprint density at radius 1 is 0.895 bits per heavy atom. The zero-order chi connectivity index (χ0) is 12.9. The molecule has 0 saturated carbocycles. The minimum Gasteiger partial charge on any atom is -0.464 e. The maximum Gasteiger partial charge on any atom is 0.134 e. The summed E-state index contributed by atoms with van der Waals surface area (Å²) >= 11 is 0. The molecule has 0 radical (unpaired) electrons. The Labute approximate surface area is 112 Å². The highest BCUT2D eigenvalue weighted by Crippen LogP contribution is 2.21. The van der Waals surface area contributed by atoms with E-state index >= 15 is 0 Å². The SMILES string of the molecule is c1ccc(COCCc2coc3ccccc23)cc1. The van der Waals surface area contributed by atoms with Gasteiger partial charge in [0.25, 0.3) is 0 Å². The van der Waals surface area contributed by atoms with Gasteiger partial charge in [0, 0.05) is 10.9 Å². The molecule has 3 rings (SSSR count). The Balaban J connectivity index is 1.55. The van der Waals surface area contributed by atoms with Gasteiger partial charge in [-0.15, -0.1) is 0 Å². The van der Waals surface area contributed by atoms with Crippen LogP contribution in [0.1, 0.15) is 11.1 Å². The van der Waals surface area contributed by atoms with E-state index in [2.05, 4.69) is 18.2 Å². The molecule has 0 amide bonds. The average Bonchev–Trinajstić information content (AvgIpc) is 2.88. The van der Waals surface area contributed by atoms with Crippen molar-refractivity contribution in [3.63, 3.8) is 0 Å². The van der Waals surface area contributed by atoms with E-state index in [1.165, 1.54) is 16.5 Å². The molecule has 0 N–H and O–H groups in total. The summed E-state index contributed by atoms with van der Waals surface area (Å²) in [4.78, 5) is 0. The molecule has 2 heteroatoms. The molecular weight excluding hydrogens is 236 g/mol. The van der Waals surface area contributed by atoms with Gasteiger partial charge < -0.3 is 9.15 Å². The highest BCUT2D eigenvalue weighted by molar-refractivity contribution is 5.80. The molecule has 0 aliphatic rings. The Hall–Kier alpha value is -2.06. The van der Waals surface area contributed by atoms with Crippen LogP contribution in [-0.2, 0) is 17.8 Å². The molecule has 0 saturated heterocycles. The summed E-state index contributed by atoms with van der Waals surface area (Å²) in [5, 5.41) is 1.19. The first-order chi connectivity index (χ1) is 9.43. The Morgan fingerprint density at radius 3 is 2.58 bits per heavy atom. The number of furan rings is 1. The van der Waals surface area contributed by atoms with Crippen LogP contribution in [0.4, 0.5) is 0 Å². The number of hydrogen-bond donors (Lipinski definition) is 0. The third-order valence-electron chi connectivity index (χ3n) is 3.19. The second kappa shape index (κ2) is 5.72. The summed E-state index contributed by atoms with van der Waals surface area (Å²) in [5.41, 5.74) is 3.36. The summed E-state index contributed by atoms with van der Waals surface area (Å²) in [6.07, 6.45) is 2.71. The smallest absolute Gasteiger partial charge is 0.134 e. The summed E-state index contributed by atoms with van der Waals surface area (Å²) in [5.74, 6) is 0. The quantitative estimate of drug-likeness (QED) is 0.635. The number of rotatable bonds is 5. The monoisotopic (exact) mass is 252 g/mol. The van der Waals surface area contributed by atoms with Crippen LogP contribution in [0.3, 0.4) is 0 Å². The predicted molar refractivity (Wildman–Crippen MR) is 76.0 cm³/mol. The highest BCUT2D eigenvalue weighted by atomic mass is 16.5. The molecule has 96 valence electrons.